The molecule has 0 amide bonds. The van der Waals surface area contributed by atoms with E-state index < -0.39 is 6.10 Å². The van der Waals surface area contributed by atoms with Crippen LogP contribution < -0.4 is 0 Å². The van der Waals surface area contributed by atoms with E-state index in [1.165, 1.54) is 0 Å². The van der Waals surface area contributed by atoms with E-state index in [-0.39, 0.29) is 0 Å². The first-order valence-corrected chi connectivity index (χ1v) is 7.43. The van der Waals surface area contributed by atoms with Gasteiger partial charge in [0.2, 0.25) is 0 Å². The van der Waals surface area contributed by atoms with E-state index in [2.05, 4.69) is 25.0 Å². The largest absolute Gasteiger partial charge is 0.458 e. The fourth-order valence-electron chi connectivity index (χ4n) is 2.55. The number of hydrogen-bond donors (Lipinski definition) is 1. The topological polar surface area (TPSA) is 51.2 Å². The van der Waals surface area contributed by atoms with Gasteiger partial charge >= 0.3 is 0 Å². The maximum atomic E-state index is 10.4. The van der Waals surface area contributed by atoms with E-state index in [1.54, 1.807) is 0 Å². The molecule has 0 fully saturated rings. The van der Waals surface area contributed by atoms with Crippen molar-refractivity contribution < 1.29 is 9.52 Å². The molecule has 21 heavy (non-hydrogen) atoms. The fourth-order valence-corrected chi connectivity index (χ4v) is 2.55. The highest BCUT2D eigenvalue weighted by Gasteiger charge is 2.16. The summed E-state index contributed by atoms with van der Waals surface area (Å²) < 4.78 is 7.60. The summed E-state index contributed by atoms with van der Waals surface area (Å²) in [7, 11) is 0. The van der Waals surface area contributed by atoms with Crippen molar-refractivity contribution in [2.24, 2.45) is 0 Å². The van der Waals surface area contributed by atoms with Gasteiger partial charge in [0.15, 0.2) is 0 Å². The summed E-state index contributed by atoms with van der Waals surface area (Å²) in [5.74, 6) is 0.590. The molecule has 0 aliphatic heterocycles. The second kappa shape index (κ2) is 5.74. The van der Waals surface area contributed by atoms with Crippen LogP contribution in [0.1, 0.15) is 37.1 Å². The number of nitrogens with zero attached hydrogens (tertiary/aromatic N) is 2. The normalized spacial score (nSPS) is 12.9. The van der Waals surface area contributed by atoms with Gasteiger partial charge in [-0.25, -0.2) is 0 Å². The standard InChI is InChI=1S/C17H20N2O2/c1-3-13-10-14(4-2)19(18-13)11-15(20)17-9-12-7-5-6-8-16(12)21-17/h5-10,15,20H,3-4,11H2,1-2H3. The zero-order valence-corrected chi connectivity index (χ0v) is 12.4. The fraction of sp³-hybridized carbons (Fsp3) is 0.353. The molecular weight excluding hydrogens is 264 g/mol. The Morgan fingerprint density at radius 2 is 2.00 bits per heavy atom. The number of aliphatic hydroxyl groups is 1. The van der Waals surface area contributed by atoms with E-state index in [1.807, 2.05) is 35.0 Å². The second-order valence-electron chi connectivity index (χ2n) is 5.22. The third kappa shape index (κ3) is 2.72. The summed E-state index contributed by atoms with van der Waals surface area (Å²) in [6, 6.07) is 11.8. The van der Waals surface area contributed by atoms with Crippen molar-refractivity contribution in [2.75, 3.05) is 0 Å². The lowest BCUT2D eigenvalue weighted by atomic mass is 10.2. The summed E-state index contributed by atoms with van der Waals surface area (Å²) in [5.41, 5.74) is 3.00. The van der Waals surface area contributed by atoms with Crippen LogP contribution in [0.15, 0.2) is 40.8 Å². The molecule has 2 aromatic heterocycles. The Bertz CT molecular complexity index is 709. The molecular formula is C17H20N2O2. The average Bonchev–Trinajstić information content (AvgIpc) is 3.10. The number of aliphatic hydroxyl groups excluding tert-OH is 1. The molecule has 0 aliphatic rings. The van der Waals surface area contributed by atoms with Gasteiger partial charge in [0.05, 0.1) is 12.2 Å². The number of furan rings is 1. The molecule has 0 radical (unpaired) electrons. The molecule has 110 valence electrons. The van der Waals surface area contributed by atoms with E-state index in [0.29, 0.717) is 12.3 Å². The maximum Gasteiger partial charge on any atom is 0.135 e. The quantitative estimate of drug-likeness (QED) is 0.780. The Morgan fingerprint density at radius 1 is 1.19 bits per heavy atom. The van der Waals surface area contributed by atoms with Gasteiger partial charge in [-0.15, -0.1) is 0 Å². The van der Waals surface area contributed by atoms with Crippen LogP contribution in [0.4, 0.5) is 0 Å². The molecule has 0 spiro atoms. The van der Waals surface area contributed by atoms with Crippen LogP contribution in [-0.4, -0.2) is 14.9 Å². The molecule has 1 N–H and O–H groups in total. The third-order valence-corrected chi connectivity index (χ3v) is 3.76. The zero-order valence-electron chi connectivity index (χ0n) is 12.4. The Kier molecular flexibility index (Phi) is 3.80. The molecule has 4 heteroatoms. The van der Waals surface area contributed by atoms with Crippen LogP contribution in [0.2, 0.25) is 0 Å². The van der Waals surface area contributed by atoms with Gasteiger partial charge in [0, 0.05) is 11.1 Å². The number of aryl methyl sites for hydroxylation is 2. The minimum Gasteiger partial charge on any atom is -0.458 e. The van der Waals surface area contributed by atoms with Gasteiger partial charge < -0.3 is 9.52 Å². The molecule has 1 unspecified atom stereocenters. The van der Waals surface area contributed by atoms with Gasteiger partial charge in [-0.3, -0.25) is 4.68 Å². The highest BCUT2D eigenvalue weighted by Crippen LogP contribution is 2.25. The van der Waals surface area contributed by atoms with Crippen molar-refractivity contribution in [3.63, 3.8) is 0 Å². The number of aromatic nitrogens is 2. The molecule has 0 aliphatic carbocycles. The number of rotatable bonds is 5. The minimum atomic E-state index is -0.688. The van der Waals surface area contributed by atoms with Crippen LogP contribution in [0.5, 0.6) is 0 Å². The molecule has 3 rings (SSSR count). The van der Waals surface area contributed by atoms with Crippen LogP contribution in [0.25, 0.3) is 11.0 Å². The molecule has 0 saturated carbocycles. The molecule has 1 atom stereocenters. The second-order valence-corrected chi connectivity index (χ2v) is 5.22. The van der Waals surface area contributed by atoms with E-state index in [0.717, 1.165) is 35.2 Å². The van der Waals surface area contributed by atoms with E-state index in [4.69, 9.17) is 4.42 Å². The van der Waals surface area contributed by atoms with E-state index in [9.17, 15) is 5.11 Å². The van der Waals surface area contributed by atoms with Gasteiger partial charge in [-0.05, 0) is 31.0 Å². The van der Waals surface area contributed by atoms with Crippen molar-refractivity contribution in [1.82, 2.24) is 9.78 Å². The summed E-state index contributed by atoms with van der Waals surface area (Å²) in [5, 5.41) is 16.0. The van der Waals surface area contributed by atoms with Crippen LogP contribution in [0, 0.1) is 0 Å². The number of benzene rings is 1. The average molecular weight is 284 g/mol. The SMILES string of the molecule is CCc1cc(CC)n(CC(O)c2cc3ccccc3o2)n1. The van der Waals surface area contributed by atoms with Gasteiger partial charge in [-0.2, -0.15) is 5.10 Å². The Balaban J connectivity index is 1.85. The molecule has 0 saturated heterocycles. The first-order chi connectivity index (χ1) is 10.2. The molecule has 3 aromatic rings. The van der Waals surface area contributed by atoms with Gasteiger partial charge in [0.25, 0.3) is 0 Å². The third-order valence-electron chi connectivity index (χ3n) is 3.76. The molecule has 0 bridgehead atoms. The monoisotopic (exact) mass is 284 g/mol. The number of hydrogen-bond acceptors (Lipinski definition) is 3. The lowest BCUT2D eigenvalue weighted by molar-refractivity contribution is 0.127. The van der Waals surface area contributed by atoms with Gasteiger partial charge in [-0.1, -0.05) is 32.0 Å². The number of para-hydroxylation sites is 1. The highest BCUT2D eigenvalue weighted by molar-refractivity contribution is 5.77. The summed E-state index contributed by atoms with van der Waals surface area (Å²) in [6.45, 7) is 4.60. The highest BCUT2D eigenvalue weighted by atomic mass is 16.4. The number of fused-ring (bicyclic) bond motifs is 1. The van der Waals surface area contributed by atoms with Crippen molar-refractivity contribution in [1.29, 1.82) is 0 Å². The zero-order chi connectivity index (χ0) is 14.8. The van der Waals surface area contributed by atoms with Crippen LogP contribution >= 0.6 is 0 Å². The van der Waals surface area contributed by atoms with E-state index >= 15 is 0 Å². The molecule has 2 heterocycles. The minimum absolute atomic E-state index is 0.420. The summed E-state index contributed by atoms with van der Waals surface area (Å²) >= 11 is 0. The predicted octanol–water partition coefficient (Wildman–Crippen LogP) is 3.49. The molecule has 1 aromatic carbocycles. The Morgan fingerprint density at radius 3 is 2.71 bits per heavy atom. The smallest absolute Gasteiger partial charge is 0.135 e. The Hall–Kier alpha value is -2.07. The maximum absolute atomic E-state index is 10.4. The summed E-state index contributed by atoms with van der Waals surface area (Å²) in [4.78, 5) is 0. The van der Waals surface area contributed by atoms with Crippen molar-refractivity contribution in [2.45, 2.75) is 39.3 Å². The first kappa shape index (κ1) is 13.9. The van der Waals surface area contributed by atoms with Crippen LogP contribution in [0.3, 0.4) is 0 Å². The van der Waals surface area contributed by atoms with Crippen molar-refractivity contribution in [3.8, 4) is 0 Å². The van der Waals surface area contributed by atoms with Gasteiger partial charge in [0.1, 0.15) is 17.4 Å². The van der Waals surface area contributed by atoms with Crippen molar-refractivity contribution in [3.05, 3.63) is 53.5 Å². The summed E-state index contributed by atoms with van der Waals surface area (Å²) in [6.07, 6.45) is 1.12. The lowest BCUT2D eigenvalue weighted by Gasteiger charge is -2.10. The van der Waals surface area contributed by atoms with Crippen molar-refractivity contribution >= 4 is 11.0 Å². The Labute approximate surface area is 124 Å². The van der Waals surface area contributed by atoms with Crippen LogP contribution in [-0.2, 0) is 19.4 Å². The predicted molar refractivity (Wildman–Crippen MR) is 82.2 cm³/mol. The first-order valence-electron chi connectivity index (χ1n) is 7.43. The molecule has 4 nitrogen and oxygen atoms in total. The lowest BCUT2D eigenvalue weighted by Crippen LogP contribution is -2.12.